The van der Waals surface area contributed by atoms with Crippen molar-refractivity contribution in [2.45, 2.75) is 31.6 Å². The number of carbonyl (C=O) groups is 1. The summed E-state index contributed by atoms with van der Waals surface area (Å²) in [5.74, 6) is -0.192. The molecule has 2 aromatic rings. The number of sulfonamides is 1. The van der Waals surface area contributed by atoms with E-state index < -0.39 is 10.0 Å². The van der Waals surface area contributed by atoms with Crippen LogP contribution in [0.3, 0.4) is 0 Å². The molecule has 3 rings (SSSR count). The molecule has 7 heteroatoms. The first-order valence-corrected chi connectivity index (χ1v) is 10.7. The predicted octanol–water partition coefficient (Wildman–Crippen LogP) is 3.77. The number of benzene rings is 2. The Labute approximate surface area is 165 Å². The molecular formula is C20H23ClN2O3S. The zero-order valence-electron chi connectivity index (χ0n) is 15.5. The second-order valence-electron chi connectivity index (χ2n) is 6.84. The molecule has 0 radical (unpaired) electrons. The third-order valence-electron chi connectivity index (χ3n) is 4.79. The number of anilines is 1. The van der Waals surface area contributed by atoms with Crippen LogP contribution < -0.4 is 4.31 Å². The van der Waals surface area contributed by atoms with Gasteiger partial charge < -0.3 is 4.90 Å². The topological polar surface area (TPSA) is 57.7 Å². The van der Waals surface area contributed by atoms with Crippen molar-refractivity contribution >= 4 is 33.2 Å². The molecule has 1 heterocycles. The van der Waals surface area contributed by atoms with Gasteiger partial charge in [0.15, 0.2) is 0 Å². The van der Waals surface area contributed by atoms with E-state index in [4.69, 9.17) is 11.6 Å². The first-order chi connectivity index (χ1) is 12.8. The quantitative estimate of drug-likeness (QED) is 0.759. The fourth-order valence-corrected chi connectivity index (χ4v) is 4.81. The maximum absolute atomic E-state index is 13.4. The number of rotatable bonds is 5. The minimum atomic E-state index is -3.91. The van der Waals surface area contributed by atoms with Crippen molar-refractivity contribution in [3.05, 3.63) is 58.6 Å². The highest BCUT2D eigenvalue weighted by Crippen LogP contribution is 2.30. The number of halogens is 1. The van der Waals surface area contributed by atoms with Crippen LogP contribution in [-0.2, 0) is 14.8 Å². The standard InChI is InChI=1S/C20H23ClN2O3S/c1-15-5-9-18(10-6-15)27(25,26)23(14-20(24)22-11-3-4-12-22)19-13-17(21)8-7-16(19)2/h5-10,13H,3-4,11-12,14H2,1-2H3. The Bertz CT molecular complexity index is 936. The molecule has 27 heavy (non-hydrogen) atoms. The summed E-state index contributed by atoms with van der Waals surface area (Å²) in [6.07, 6.45) is 1.90. The lowest BCUT2D eigenvalue weighted by Gasteiger charge is -2.27. The Balaban J connectivity index is 2.04. The number of likely N-dealkylation sites (tertiary alicyclic amines) is 1. The highest BCUT2D eigenvalue weighted by Gasteiger charge is 2.30. The highest BCUT2D eigenvalue weighted by atomic mass is 35.5. The van der Waals surface area contributed by atoms with Crippen molar-refractivity contribution in [2.75, 3.05) is 23.9 Å². The number of amides is 1. The van der Waals surface area contributed by atoms with Crippen molar-refractivity contribution in [1.29, 1.82) is 0 Å². The van der Waals surface area contributed by atoms with Crippen molar-refractivity contribution < 1.29 is 13.2 Å². The van der Waals surface area contributed by atoms with Crippen molar-refractivity contribution in [3.63, 3.8) is 0 Å². The molecule has 0 N–H and O–H groups in total. The van der Waals surface area contributed by atoms with Gasteiger partial charge >= 0.3 is 0 Å². The molecule has 0 saturated carbocycles. The molecule has 0 bridgehead atoms. The third-order valence-corrected chi connectivity index (χ3v) is 6.80. The average Bonchev–Trinajstić information content (AvgIpc) is 3.17. The van der Waals surface area contributed by atoms with E-state index in [9.17, 15) is 13.2 Å². The lowest BCUT2D eigenvalue weighted by molar-refractivity contribution is -0.128. The van der Waals surface area contributed by atoms with Gasteiger partial charge in [0.1, 0.15) is 6.54 Å². The highest BCUT2D eigenvalue weighted by molar-refractivity contribution is 7.92. The summed E-state index contributed by atoms with van der Waals surface area (Å²) in [4.78, 5) is 14.6. The van der Waals surface area contributed by atoms with Crippen molar-refractivity contribution in [1.82, 2.24) is 4.90 Å². The van der Waals surface area contributed by atoms with Gasteiger partial charge in [-0.2, -0.15) is 0 Å². The summed E-state index contributed by atoms with van der Waals surface area (Å²) < 4.78 is 27.9. The van der Waals surface area contributed by atoms with Crippen LogP contribution in [-0.4, -0.2) is 38.9 Å². The number of hydrogen-bond donors (Lipinski definition) is 0. The minimum absolute atomic E-state index is 0.154. The Hall–Kier alpha value is -2.05. The molecule has 0 spiro atoms. The molecule has 144 valence electrons. The minimum Gasteiger partial charge on any atom is -0.341 e. The molecule has 1 amide bonds. The maximum atomic E-state index is 13.4. The number of nitrogens with zero attached hydrogens (tertiary/aromatic N) is 2. The van der Waals surface area contributed by atoms with E-state index in [1.807, 2.05) is 13.8 Å². The Kier molecular flexibility index (Phi) is 5.77. The Morgan fingerprint density at radius 2 is 1.70 bits per heavy atom. The fourth-order valence-electron chi connectivity index (χ4n) is 3.18. The molecule has 1 aliphatic rings. The van der Waals surface area contributed by atoms with Gasteiger partial charge in [-0.1, -0.05) is 35.4 Å². The number of carbonyl (C=O) groups excluding carboxylic acids is 1. The van der Waals surface area contributed by atoms with Gasteiger partial charge in [0.25, 0.3) is 10.0 Å². The van der Waals surface area contributed by atoms with Crippen LogP contribution in [0.2, 0.25) is 5.02 Å². The largest absolute Gasteiger partial charge is 0.341 e. The molecule has 1 aliphatic heterocycles. The lowest BCUT2D eigenvalue weighted by Crippen LogP contribution is -2.42. The second-order valence-corrected chi connectivity index (χ2v) is 9.14. The first kappa shape index (κ1) is 19.7. The summed E-state index contributed by atoms with van der Waals surface area (Å²) in [5.41, 5.74) is 2.13. The zero-order valence-corrected chi connectivity index (χ0v) is 17.1. The molecule has 0 atom stereocenters. The van der Waals surface area contributed by atoms with Gasteiger partial charge in [0, 0.05) is 18.1 Å². The Morgan fingerprint density at radius 1 is 1.07 bits per heavy atom. The summed E-state index contributed by atoms with van der Waals surface area (Å²) >= 11 is 6.12. The molecule has 0 aliphatic carbocycles. The number of hydrogen-bond acceptors (Lipinski definition) is 3. The number of aryl methyl sites for hydroxylation is 2. The lowest BCUT2D eigenvalue weighted by atomic mass is 10.2. The third kappa shape index (κ3) is 4.28. The van der Waals surface area contributed by atoms with E-state index in [0.29, 0.717) is 23.8 Å². The smallest absolute Gasteiger partial charge is 0.264 e. The van der Waals surface area contributed by atoms with Crippen molar-refractivity contribution in [3.8, 4) is 0 Å². The molecule has 5 nitrogen and oxygen atoms in total. The summed E-state index contributed by atoms with van der Waals surface area (Å²) in [6, 6.07) is 11.7. The van der Waals surface area contributed by atoms with Crippen LogP contribution in [0.15, 0.2) is 47.4 Å². The zero-order chi connectivity index (χ0) is 19.6. The molecule has 1 fully saturated rings. The van der Waals surface area contributed by atoms with Crippen LogP contribution in [0, 0.1) is 13.8 Å². The molecule has 0 unspecified atom stereocenters. The van der Waals surface area contributed by atoms with Crippen LogP contribution in [0.1, 0.15) is 24.0 Å². The first-order valence-electron chi connectivity index (χ1n) is 8.92. The SMILES string of the molecule is Cc1ccc(S(=O)(=O)N(CC(=O)N2CCCC2)c2cc(Cl)ccc2C)cc1. The average molecular weight is 407 g/mol. The van der Waals surface area contributed by atoms with E-state index in [1.165, 1.54) is 4.31 Å². The summed E-state index contributed by atoms with van der Waals surface area (Å²) in [6.45, 7) is 4.81. The van der Waals surface area contributed by atoms with Crippen LogP contribution in [0.4, 0.5) is 5.69 Å². The molecule has 2 aromatic carbocycles. The van der Waals surface area contributed by atoms with Gasteiger partial charge in [-0.25, -0.2) is 8.42 Å². The van der Waals surface area contributed by atoms with Gasteiger partial charge in [0.05, 0.1) is 10.6 Å². The van der Waals surface area contributed by atoms with Crippen molar-refractivity contribution in [2.24, 2.45) is 0 Å². The van der Waals surface area contributed by atoms with Gasteiger partial charge in [0.2, 0.25) is 5.91 Å². The van der Waals surface area contributed by atoms with E-state index in [1.54, 1.807) is 47.4 Å². The van der Waals surface area contributed by atoms with E-state index >= 15 is 0 Å². The molecular weight excluding hydrogens is 384 g/mol. The molecule has 0 aromatic heterocycles. The maximum Gasteiger partial charge on any atom is 0.264 e. The van der Waals surface area contributed by atoms with E-state index in [-0.39, 0.29) is 17.3 Å². The van der Waals surface area contributed by atoms with E-state index in [2.05, 4.69) is 0 Å². The van der Waals surface area contributed by atoms with Crippen LogP contribution in [0.5, 0.6) is 0 Å². The van der Waals surface area contributed by atoms with Crippen LogP contribution in [0.25, 0.3) is 0 Å². The van der Waals surface area contributed by atoms with E-state index in [0.717, 1.165) is 24.0 Å². The summed E-state index contributed by atoms with van der Waals surface area (Å²) in [7, 11) is -3.91. The van der Waals surface area contributed by atoms with Gasteiger partial charge in [-0.15, -0.1) is 0 Å². The monoisotopic (exact) mass is 406 g/mol. The fraction of sp³-hybridized carbons (Fsp3) is 0.350. The van der Waals surface area contributed by atoms with Crippen LogP contribution >= 0.6 is 11.6 Å². The summed E-state index contributed by atoms with van der Waals surface area (Å²) in [5, 5.41) is 0.424. The van der Waals surface area contributed by atoms with Gasteiger partial charge in [-0.05, 0) is 56.5 Å². The molecule has 1 saturated heterocycles. The second kappa shape index (κ2) is 7.90. The normalized spacial score (nSPS) is 14.4. The van der Waals surface area contributed by atoms with Gasteiger partial charge in [-0.3, -0.25) is 9.10 Å². The predicted molar refractivity (Wildman–Crippen MR) is 108 cm³/mol. The Morgan fingerprint density at radius 3 is 2.33 bits per heavy atom.